The van der Waals surface area contributed by atoms with Crippen molar-refractivity contribution in [1.29, 1.82) is 0 Å². The van der Waals surface area contributed by atoms with Crippen LogP contribution in [0.3, 0.4) is 0 Å². The van der Waals surface area contributed by atoms with Crippen LogP contribution in [0.25, 0.3) is 10.9 Å². The van der Waals surface area contributed by atoms with Crippen molar-refractivity contribution in [2.75, 3.05) is 42.9 Å². The first-order valence-corrected chi connectivity index (χ1v) is 14.0. The molecule has 2 aliphatic heterocycles. The van der Waals surface area contributed by atoms with Gasteiger partial charge in [0, 0.05) is 63.2 Å². The molecule has 2 N–H and O–H groups in total. The number of amides is 2. The van der Waals surface area contributed by atoms with Crippen LogP contribution in [0.5, 0.6) is 0 Å². The fraction of sp³-hybridized carbons (Fsp3) is 0.452. The van der Waals surface area contributed by atoms with E-state index in [0.29, 0.717) is 6.54 Å². The van der Waals surface area contributed by atoms with E-state index in [1.807, 2.05) is 18.2 Å². The lowest BCUT2D eigenvalue weighted by molar-refractivity contribution is -0.124. The van der Waals surface area contributed by atoms with E-state index < -0.39 is 0 Å². The highest BCUT2D eigenvalue weighted by Crippen LogP contribution is 2.28. The lowest BCUT2D eigenvalue weighted by atomic mass is 9.99. The first-order valence-electron chi connectivity index (χ1n) is 14.0. The summed E-state index contributed by atoms with van der Waals surface area (Å²) in [6.45, 7) is 9.85. The first kappa shape index (κ1) is 26.2. The van der Waals surface area contributed by atoms with Crippen LogP contribution in [0.2, 0.25) is 0 Å². The van der Waals surface area contributed by atoms with Gasteiger partial charge < -0.3 is 15.5 Å². The molecule has 1 fully saturated rings. The standard InChI is InChI=1S/C31H39N5O2/c1-22-11-16-36(17-12-22)29-19-23(2)27-20-26(7-8-28(27)34-29)33-31(38)10-9-30(37)32-14-18-35-15-13-24-5-3-4-6-25(24)21-35/h3-8,19-20,22H,9-18,21H2,1-2H3,(H,32,37)(H,33,38). The van der Waals surface area contributed by atoms with Crippen LogP contribution in [-0.2, 0) is 22.6 Å². The molecule has 5 rings (SSSR count). The summed E-state index contributed by atoms with van der Waals surface area (Å²) < 4.78 is 0. The van der Waals surface area contributed by atoms with Gasteiger partial charge in [0.15, 0.2) is 0 Å². The Labute approximate surface area is 225 Å². The third-order valence-corrected chi connectivity index (χ3v) is 7.93. The highest BCUT2D eigenvalue weighted by molar-refractivity contribution is 5.96. The molecule has 1 saturated heterocycles. The third kappa shape index (κ3) is 6.51. The zero-order valence-corrected chi connectivity index (χ0v) is 22.6. The minimum Gasteiger partial charge on any atom is -0.357 e. The summed E-state index contributed by atoms with van der Waals surface area (Å²) in [7, 11) is 0. The number of aryl methyl sites for hydroxylation is 1. The average molecular weight is 514 g/mol. The Balaban J connectivity index is 1.07. The molecule has 2 amide bonds. The molecule has 2 aromatic carbocycles. The van der Waals surface area contributed by atoms with Gasteiger partial charge in [-0.25, -0.2) is 4.98 Å². The molecule has 38 heavy (non-hydrogen) atoms. The van der Waals surface area contributed by atoms with Crippen molar-refractivity contribution < 1.29 is 9.59 Å². The molecule has 0 saturated carbocycles. The molecule has 0 bridgehead atoms. The molecule has 2 aliphatic rings. The highest BCUT2D eigenvalue weighted by atomic mass is 16.2. The van der Waals surface area contributed by atoms with E-state index >= 15 is 0 Å². The second-order valence-corrected chi connectivity index (χ2v) is 10.9. The maximum Gasteiger partial charge on any atom is 0.224 e. The highest BCUT2D eigenvalue weighted by Gasteiger charge is 2.18. The molecule has 1 aromatic heterocycles. The Morgan fingerprint density at radius 3 is 2.55 bits per heavy atom. The van der Waals surface area contributed by atoms with Gasteiger partial charge >= 0.3 is 0 Å². The Morgan fingerprint density at radius 2 is 1.74 bits per heavy atom. The fourth-order valence-electron chi connectivity index (χ4n) is 5.49. The van der Waals surface area contributed by atoms with E-state index in [0.717, 1.165) is 73.0 Å². The van der Waals surface area contributed by atoms with Crippen molar-refractivity contribution in [2.45, 2.75) is 52.5 Å². The van der Waals surface area contributed by atoms with Gasteiger partial charge in [-0.2, -0.15) is 0 Å². The Bertz CT molecular complexity index is 1300. The zero-order chi connectivity index (χ0) is 26.5. The molecule has 3 heterocycles. The predicted molar refractivity (Wildman–Crippen MR) is 153 cm³/mol. The maximum absolute atomic E-state index is 12.5. The lowest BCUT2D eigenvalue weighted by Gasteiger charge is -2.31. The number of rotatable bonds is 8. The van der Waals surface area contributed by atoms with E-state index in [9.17, 15) is 9.59 Å². The van der Waals surface area contributed by atoms with Gasteiger partial charge in [0.25, 0.3) is 0 Å². The van der Waals surface area contributed by atoms with E-state index in [2.05, 4.69) is 64.6 Å². The van der Waals surface area contributed by atoms with Gasteiger partial charge in [0.05, 0.1) is 5.52 Å². The van der Waals surface area contributed by atoms with E-state index in [1.54, 1.807) is 0 Å². The van der Waals surface area contributed by atoms with Gasteiger partial charge in [-0.05, 0) is 73.1 Å². The number of aromatic nitrogens is 1. The Kier molecular flexibility index (Phi) is 8.23. The molecule has 200 valence electrons. The van der Waals surface area contributed by atoms with Crippen LogP contribution < -0.4 is 15.5 Å². The molecule has 7 heteroatoms. The summed E-state index contributed by atoms with van der Waals surface area (Å²) in [6.07, 6.45) is 3.79. The molecule has 7 nitrogen and oxygen atoms in total. The summed E-state index contributed by atoms with van der Waals surface area (Å²) in [6, 6.07) is 16.5. The second-order valence-electron chi connectivity index (χ2n) is 10.9. The minimum atomic E-state index is -0.156. The molecule has 0 spiro atoms. The topological polar surface area (TPSA) is 77.6 Å². The summed E-state index contributed by atoms with van der Waals surface area (Å²) in [4.78, 5) is 34.5. The Morgan fingerprint density at radius 1 is 0.974 bits per heavy atom. The van der Waals surface area contributed by atoms with E-state index in [-0.39, 0.29) is 24.7 Å². The molecule has 0 radical (unpaired) electrons. The van der Waals surface area contributed by atoms with Crippen LogP contribution in [-0.4, -0.2) is 54.4 Å². The van der Waals surface area contributed by atoms with E-state index in [4.69, 9.17) is 4.98 Å². The zero-order valence-electron chi connectivity index (χ0n) is 22.6. The first-order chi connectivity index (χ1) is 18.4. The van der Waals surface area contributed by atoms with Crippen LogP contribution in [0.15, 0.2) is 48.5 Å². The number of pyridine rings is 1. The molecule has 0 aliphatic carbocycles. The number of anilines is 2. The lowest BCUT2D eigenvalue weighted by Crippen LogP contribution is -2.37. The number of carbonyl (C=O) groups excluding carboxylic acids is 2. The van der Waals surface area contributed by atoms with Gasteiger partial charge in [0.2, 0.25) is 11.8 Å². The van der Waals surface area contributed by atoms with Crippen molar-refractivity contribution in [1.82, 2.24) is 15.2 Å². The van der Waals surface area contributed by atoms with Crippen LogP contribution in [0.1, 0.15) is 49.3 Å². The SMILES string of the molecule is Cc1cc(N2CCC(C)CC2)nc2ccc(NC(=O)CCC(=O)NCCN3CCc4ccccc4C3)cc12. The summed E-state index contributed by atoms with van der Waals surface area (Å²) in [5.74, 6) is 1.57. The summed E-state index contributed by atoms with van der Waals surface area (Å²) in [5, 5.41) is 6.95. The van der Waals surface area contributed by atoms with Gasteiger partial charge in [-0.3, -0.25) is 14.5 Å². The number of benzene rings is 2. The fourth-order valence-corrected chi connectivity index (χ4v) is 5.49. The van der Waals surface area contributed by atoms with Gasteiger partial charge in [-0.15, -0.1) is 0 Å². The quantitative estimate of drug-likeness (QED) is 0.458. The summed E-state index contributed by atoms with van der Waals surface area (Å²) in [5.41, 5.74) is 5.62. The molecule has 0 atom stereocenters. The Hall–Kier alpha value is -3.45. The number of hydrogen-bond acceptors (Lipinski definition) is 5. The van der Waals surface area contributed by atoms with Crippen molar-refractivity contribution in [3.63, 3.8) is 0 Å². The number of fused-ring (bicyclic) bond motifs is 2. The summed E-state index contributed by atoms with van der Waals surface area (Å²) >= 11 is 0. The number of nitrogens with one attached hydrogen (secondary N) is 2. The number of nitrogens with zero attached hydrogens (tertiary/aromatic N) is 3. The third-order valence-electron chi connectivity index (χ3n) is 7.93. The normalized spacial score (nSPS) is 16.3. The van der Waals surface area contributed by atoms with E-state index in [1.165, 1.54) is 24.0 Å². The monoisotopic (exact) mass is 513 g/mol. The van der Waals surface area contributed by atoms with Gasteiger partial charge in [0.1, 0.15) is 5.82 Å². The molecular weight excluding hydrogens is 474 g/mol. The van der Waals surface area contributed by atoms with Gasteiger partial charge in [-0.1, -0.05) is 31.2 Å². The number of carbonyl (C=O) groups is 2. The average Bonchev–Trinajstić information content (AvgIpc) is 2.92. The number of hydrogen-bond donors (Lipinski definition) is 2. The smallest absolute Gasteiger partial charge is 0.224 e. The van der Waals surface area contributed by atoms with Crippen molar-refractivity contribution in [3.8, 4) is 0 Å². The molecule has 3 aromatic rings. The number of piperidine rings is 1. The second kappa shape index (κ2) is 11.9. The van der Waals surface area contributed by atoms with Crippen LogP contribution in [0, 0.1) is 12.8 Å². The maximum atomic E-state index is 12.5. The minimum absolute atomic E-state index is 0.0873. The van der Waals surface area contributed by atoms with Crippen LogP contribution >= 0.6 is 0 Å². The van der Waals surface area contributed by atoms with Crippen LogP contribution in [0.4, 0.5) is 11.5 Å². The van der Waals surface area contributed by atoms with Crippen molar-refractivity contribution in [2.24, 2.45) is 5.92 Å². The molecule has 0 unspecified atom stereocenters. The van der Waals surface area contributed by atoms with Crippen molar-refractivity contribution >= 4 is 34.2 Å². The largest absolute Gasteiger partial charge is 0.357 e. The molecular formula is C31H39N5O2. The van der Waals surface area contributed by atoms with Crippen molar-refractivity contribution in [3.05, 3.63) is 65.2 Å². The predicted octanol–water partition coefficient (Wildman–Crippen LogP) is 4.67.